The molecule has 0 spiro atoms. The van der Waals surface area contributed by atoms with Crippen LogP contribution in [0, 0.1) is 6.92 Å². The van der Waals surface area contributed by atoms with Crippen molar-refractivity contribution in [1.29, 1.82) is 0 Å². The molecule has 2 rings (SSSR count). The third-order valence-electron chi connectivity index (χ3n) is 3.24. The molecule has 0 radical (unpaired) electrons. The summed E-state index contributed by atoms with van der Waals surface area (Å²) >= 11 is 0. The van der Waals surface area contributed by atoms with E-state index < -0.39 is 6.43 Å². The average Bonchev–Trinajstić information content (AvgIpc) is 2.30. The Morgan fingerprint density at radius 2 is 2.12 bits per heavy atom. The van der Waals surface area contributed by atoms with Crippen LogP contribution in [-0.4, -0.2) is 6.54 Å². The van der Waals surface area contributed by atoms with Gasteiger partial charge in [-0.15, -0.1) is 0 Å². The minimum atomic E-state index is -2.37. The fourth-order valence-electron chi connectivity index (χ4n) is 2.29. The van der Waals surface area contributed by atoms with Gasteiger partial charge < -0.3 is 5.32 Å². The zero-order valence-corrected chi connectivity index (χ0v) is 9.47. The standard InChI is InChI=1S/C13H17F2N/c1-9-5-6-10(13(14)15)8-11(9)12-4-2-3-7-16-12/h5-6,8,12-13,16H,2-4,7H2,1H3. The van der Waals surface area contributed by atoms with E-state index in [0.717, 1.165) is 24.1 Å². The van der Waals surface area contributed by atoms with Gasteiger partial charge in [-0.3, -0.25) is 0 Å². The van der Waals surface area contributed by atoms with Gasteiger partial charge in [0.1, 0.15) is 0 Å². The summed E-state index contributed by atoms with van der Waals surface area (Å²) in [6, 6.07) is 5.23. The minimum absolute atomic E-state index is 0.132. The zero-order chi connectivity index (χ0) is 11.5. The molecular weight excluding hydrogens is 208 g/mol. The molecule has 1 unspecified atom stereocenters. The predicted molar refractivity (Wildman–Crippen MR) is 60.7 cm³/mol. The molecule has 1 saturated heterocycles. The van der Waals surface area contributed by atoms with E-state index in [1.165, 1.54) is 18.9 Å². The highest BCUT2D eigenvalue weighted by Gasteiger charge is 2.18. The van der Waals surface area contributed by atoms with Crippen molar-refractivity contribution < 1.29 is 8.78 Å². The normalized spacial score (nSPS) is 21.4. The van der Waals surface area contributed by atoms with Gasteiger partial charge in [-0.05, 0) is 43.5 Å². The lowest BCUT2D eigenvalue weighted by Crippen LogP contribution is -2.27. The first-order chi connectivity index (χ1) is 7.68. The molecule has 1 N–H and O–H groups in total. The number of hydrogen-bond acceptors (Lipinski definition) is 1. The summed E-state index contributed by atoms with van der Waals surface area (Å²) in [5, 5.41) is 3.40. The van der Waals surface area contributed by atoms with Crippen molar-refractivity contribution in [3.63, 3.8) is 0 Å². The number of hydrogen-bond donors (Lipinski definition) is 1. The van der Waals surface area contributed by atoms with Crippen LogP contribution < -0.4 is 5.32 Å². The Bertz CT molecular complexity index is 357. The highest BCUT2D eigenvalue weighted by Crippen LogP contribution is 2.29. The summed E-state index contributed by atoms with van der Waals surface area (Å²) in [7, 11) is 0. The van der Waals surface area contributed by atoms with Gasteiger partial charge in [0.05, 0.1) is 0 Å². The molecule has 1 aromatic carbocycles. The van der Waals surface area contributed by atoms with Crippen LogP contribution in [-0.2, 0) is 0 Å². The number of alkyl halides is 2. The first kappa shape index (κ1) is 11.5. The molecule has 88 valence electrons. The van der Waals surface area contributed by atoms with Crippen LogP contribution in [0.3, 0.4) is 0 Å². The minimum Gasteiger partial charge on any atom is -0.310 e. The van der Waals surface area contributed by atoms with Crippen molar-refractivity contribution in [2.75, 3.05) is 6.54 Å². The van der Waals surface area contributed by atoms with E-state index in [2.05, 4.69) is 5.32 Å². The Morgan fingerprint density at radius 1 is 1.31 bits per heavy atom. The Kier molecular flexibility index (Phi) is 3.54. The molecule has 1 nitrogen and oxygen atoms in total. The lowest BCUT2D eigenvalue weighted by Gasteiger charge is -2.25. The number of benzene rings is 1. The van der Waals surface area contributed by atoms with Gasteiger partial charge in [-0.25, -0.2) is 8.78 Å². The largest absolute Gasteiger partial charge is 0.310 e. The number of nitrogens with one attached hydrogen (secondary N) is 1. The summed E-state index contributed by atoms with van der Waals surface area (Å²) in [5.74, 6) is 0. The third kappa shape index (κ3) is 2.40. The molecule has 1 atom stereocenters. The van der Waals surface area contributed by atoms with Crippen LogP contribution in [0.4, 0.5) is 8.78 Å². The van der Waals surface area contributed by atoms with Crippen LogP contribution >= 0.6 is 0 Å². The predicted octanol–water partition coefficient (Wildman–Crippen LogP) is 3.75. The molecule has 0 aromatic heterocycles. The highest BCUT2D eigenvalue weighted by molar-refractivity contribution is 5.34. The Balaban J connectivity index is 2.27. The van der Waals surface area contributed by atoms with Crippen molar-refractivity contribution >= 4 is 0 Å². The monoisotopic (exact) mass is 225 g/mol. The SMILES string of the molecule is Cc1ccc(C(F)F)cc1C1CCCCN1. The van der Waals surface area contributed by atoms with Crippen LogP contribution in [0.2, 0.25) is 0 Å². The maximum Gasteiger partial charge on any atom is 0.263 e. The van der Waals surface area contributed by atoms with Crippen molar-refractivity contribution in [1.82, 2.24) is 5.32 Å². The van der Waals surface area contributed by atoms with E-state index in [0.29, 0.717) is 0 Å². The summed E-state index contributed by atoms with van der Waals surface area (Å²) < 4.78 is 25.3. The van der Waals surface area contributed by atoms with Gasteiger partial charge in [0, 0.05) is 11.6 Å². The molecule has 1 aliphatic rings. The van der Waals surface area contributed by atoms with E-state index in [1.54, 1.807) is 12.1 Å². The van der Waals surface area contributed by atoms with Crippen LogP contribution in [0.25, 0.3) is 0 Å². The van der Waals surface area contributed by atoms with Crippen molar-refractivity contribution in [2.45, 2.75) is 38.7 Å². The Morgan fingerprint density at radius 3 is 2.75 bits per heavy atom. The number of rotatable bonds is 2. The van der Waals surface area contributed by atoms with Crippen LogP contribution in [0.5, 0.6) is 0 Å². The molecule has 0 amide bonds. The quantitative estimate of drug-likeness (QED) is 0.808. The van der Waals surface area contributed by atoms with Gasteiger partial charge in [0.15, 0.2) is 0 Å². The lowest BCUT2D eigenvalue weighted by molar-refractivity contribution is 0.151. The smallest absolute Gasteiger partial charge is 0.263 e. The highest BCUT2D eigenvalue weighted by atomic mass is 19.3. The summed E-state index contributed by atoms with van der Waals surface area (Å²) in [6.07, 6.45) is 1.04. The number of halogens is 2. The van der Waals surface area contributed by atoms with Gasteiger partial charge in [-0.2, -0.15) is 0 Å². The fourth-order valence-corrected chi connectivity index (χ4v) is 2.29. The van der Waals surface area contributed by atoms with Crippen molar-refractivity contribution in [3.8, 4) is 0 Å². The van der Waals surface area contributed by atoms with Gasteiger partial charge in [0.25, 0.3) is 6.43 Å². The van der Waals surface area contributed by atoms with Crippen molar-refractivity contribution in [3.05, 3.63) is 34.9 Å². The Hall–Kier alpha value is -0.960. The van der Waals surface area contributed by atoms with E-state index in [1.807, 2.05) is 6.92 Å². The molecule has 1 aromatic rings. The average molecular weight is 225 g/mol. The van der Waals surface area contributed by atoms with E-state index in [4.69, 9.17) is 0 Å². The topological polar surface area (TPSA) is 12.0 Å². The molecule has 1 heterocycles. The summed E-state index contributed by atoms with van der Waals surface area (Å²) in [4.78, 5) is 0. The molecular formula is C13H17F2N. The second-order valence-corrected chi connectivity index (χ2v) is 4.42. The zero-order valence-electron chi connectivity index (χ0n) is 9.47. The lowest BCUT2D eigenvalue weighted by atomic mass is 9.93. The van der Waals surface area contributed by atoms with E-state index in [9.17, 15) is 8.78 Å². The van der Waals surface area contributed by atoms with Crippen LogP contribution in [0.15, 0.2) is 18.2 Å². The molecule has 1 aliphatic heterocycles. The maximum absolute atomic E-state index is 12.6. The number of aryl methyl sites for hydroxylation is 1. The van der Waals surface area contributed by atoms with Crippen molar-refractivity contribution in [2.24, 2.45) is 0 Å². The molecule has 0 saturated carbocycles. The molecule has 0 aliphatic carbocycles. The molecule has 1 fully saturated rings. The second kappa shape index (κ2) is 4.91. The molecule has 0 bridgehead atoms. The second-order valence-electron chi connectivity index (χ2n) is 4.42. The van der Waals surface area contributed by atoms with E-state index in [-0.39, 0.29) is 11.6 Å². The first-order valence-electron chi connectivity index (χ1n) is 5.80. The summed E-state index contributed by atoms with van der Waals surface area (Å²) in [6.45, 7) is 2.98. The molecule has 3 heteroatoms. The third-order valence-corrected chi connectivity index (χ3v) is 3.24. The first-order valence-corrected chi connectivity index (χ1v) is 5.80. The van der Waals surface area contributed by atoms with E-state index >= 15 is 0 Å². The maximum atomic E-state index is 12.6. The van der Waals surface area contributed by atoms with Gasteiger partial charge in [0.2, 0.25) is 0 Å². The molecule has 16 heavy (non-hydrogen) atoms. The Labute approximate surface area is 94.9 Å². The number of piperidine rings is 1. The van der Waals surface area contributed by atoms with Crippen LogP contribution in [0.1, 0.15) is 48.4 Å². The van der Waals surface area contributed by atoms with Gasteiger partial charge >= 0.3 is 0 Å². The summed E-state index contributed by atoms with van der Waals surface area (Å²) in [5.41, 5.74) is 2.27. The fraction of sp³-hybridized carbons (Fsp3) is 0.538. The van der Waals surface area contributed by atoms with Gasteiger partial charge in [-0.1, -0.05) is 18.6 Å².